The SMILES string of the molecule is Cc1cc(C2CC(CN)CN2C)n(C)n1. The van der Waals surface area contributed by atoms with Gasteiger partial charge in [0.15, 0.2) is 0 Å². The molecule has 1 fully saturated rings. The Bertz CT molecular complexity index is 344. The highest BCUT2D eigenvalue weighted by Crippen LogP contribution is 2.33. The van der Waals surface area contributed by atoms with Gasteiger partial charge in [-0.2, -0.15) is 5.10 Å². The van der Waals surface area contributed by atoms with E-state index in [2.05, 4.69) is 23.1 Å². The molecule has 1 saturated heterocycles. The van der Waals surface area contributed by atoms with Crippen molar-refractivity contribution in [3.63, 3.8) is 0 Å². The number of hydrogen-bond acceptors (Lipinski definition) is 3. The predicted octanol–water partition coefficient (Wildman–Crippen LogP) is 0.680. The lowest BCUT2D eigenvalue weighted by atomic mass is 10.0. The van der Waals surface area contributed by atoms with E-state index in [1.165, 1.54) is 5.69 Å². The van der Waals surface area contributed by atoms with Gasteiger partial charge in [-0.3, -0.25) is 9.58 Å². The van der Waals surface area contributed by atoms with E-state index in [9.17, 15) is 0 Å². The first-order chi connectivity index (χ1) is 7.11. The quantitative estimate of drug-likeness (QED) is 0.777. The van der Waals surface area contributed by atoms with Gasteiger partial charge in [0.25, 0.3) is 0 Å². The molecule has 15 heavy (non-hydrogen) atoms. The zero-order valence-electron chi connectivity index (χ0n) is 9.77. The molecule has 0 aliphatic carbocycles. The monoisotopic (exact) mass is 208 g/mol. The van der Waals surface area contributed by atoms with Gasteiger partial charge in [0, 0.05) is 13.6 Å². The summed E-state index contributed by atoms with van der Waals surface area (Å²) in [5, 5.41) is 4.40. The molecule has 0 amide bonds. The van der Waals surface area contributed by atoms with Crippen LogP contribution >= 0.6 is 0 Å². The van der Waals surface area contributed by atoms with E-state index in [4.69, 9.17) is 5.73 Å². The Morgan fingerprint density at radius 3 is 2.73 bits per heavy atom. The number of rotatable bonds is 2. The van der Waals surface area contributed by atoms with Crippen LogP contribution in [0.25, 0.3) is 0 Å². The fraction of sp³-hybridized carbons (Fsp3) is 0.727. The van der Waals surface area contributed by atoms with Crippen molar-refractivity contribution >= 4 is 0 Å². The second-order valence-corrected chi connectivity index (χ2v) is 4.63. The van der Waals surface area contributed by atoms with Gasteiger partial charge in [-0.25, -0.2) is 0 Å². The number of nitrogens with two attached hydrogens (primary N) is 1. The van der Waals surface area contributed by atoms with E-state index in [0.29, 0.717) is 12.0 Å². The molecule has 0 bridgehead atoms. The largest absolute Gasteiger partial charge is 0.330 e. The Balaban J connectivity index is 2.21. The van der Waals surface area contributed by atoms with E-state index < -0.39 is 0 Å². The summed E-state index contributed by atoms with van der Waals surface area (Å²) < 4.78 is 2.00. The summed E-state index contributed by atoms with van der Waals surface area (Å²) >= 11 is 0. The minimum Gasteiger partial charge on any atom is -0.330 e. The van der Waals surface area contributed by atoms with Crippen LogP contribution in [0.15, 0.2) is 6.07 Å². The van der Waals surface area contributed by atoms with Crippen molar-refractivity contribution < 1.29 is 0 Å². The molecule has 0 spiro atoms. The summed E-state index contributed by atoms with van der Waals surface area (Å²) in [7, 11) is 4.19. The normalized spacial score (nSPS) is 27.5. The van der Waals surface area contributed by atoms with Crippen molar-refractivity contribution in [1.29, 1.82) is 0 Å². The van der Waals surface area contributed by atoms with Crippen molar-refractivity contribution in [3.05, 3.63) is 17.5 Å². The molecule has 2 heterocycles. The van der Waals surface area contributed by atoms with Gasteiger partial charge in [0.1, 0.15) is 0 Å². The van der Waals surface area contributed by atoms with E-state index in [-0.39, 0.29) is 0 Å². The second-order valence-electron chi connectivity index (χ2n) is 4.63. The number of nitrogens with zero attached hydrogens (tertiary/aromatic N) is 3. The summed E-state index contributed by atoms with van der Waals surface area (Å²) in [6.07, 6.45) is 1.16. The summed E-state index contributed by atoms with van der Waals surface area (Å²) in [5.41, 5.74) is 8.14. The fourth-order valence-electron chi connectivity index (χ4n) is 2.56. The van der Waals surface area contributed by atoms with Crippen LogP contribution in [-0.4, -0.2) is 34.8 Å². The minimum absolute atomic E-state index is 0.491. The fourth-order valence-corrected chi connectivity index (χ4v) is 2.56. The minimum atomic E-state index is 0.491. The molecule has 2 unspecified atom stereocenters. The Hall–Kier alpha value is -0.870. The molecule has 1 aromatic rings. The molecule has 1 aliphatic rings. The summed E-state index contributed by atoms with van der Waals surface area (Å²) in [4.78, 5) is 2.38. The maximum Gasteiger partial charge on any atom is 0.0597 e. The molecule has 1 aliphatic heterocycles. The summed E-state index contributed by atoms with van der Waals surface area (Å²) in [6.45, 7) is 3.93. The molecule has 0 saturated carbocycles. The number of likely N-dealkylation sites (tertiary alicyclic amines) is 1. The van der Waals surface area contributed by atoms with Crippen LogP contribution < -0.4 is 5.73 Å². The summed E-state index contributed by atoms with van der Waals surface area (Å²) in [6, 6.07) is 2.67. The molecular weight excluding hydrogens is 188 g/mol. The van der Waals surface area contributed by atoms with Crippen molar-refractivity contribution in [3.8, 4) is 0 Å². The first-order valence-corrected chi connectivity index (χ1v) is 5.52. The predicted molar refractivity (Wildman–Crippen MR) is 60.5 cm³/mol. The van der Waals surface area contributed by atoms with Gasteiger partial charge >= 0.3 is 0 Å². The van der Waals surface area contributed by atoms with E-state index >= 15 is 0 Å². The molecule has 84 valence electrons. The average Bonchev–Trinajstić information content (AvgIpc) is 2.69. The molecule has 0 aromatic carbocycles. The number of aromatic nitrogens is 2. The van der Waals surface area contributed by atoms with Crippen LogP contribution in [0.5, 0.6) is 0 Å². The average molecular weight is 208 g/mol. The van der Waals surface area contributed by atoms with E-state index in [1.807, 2.05) is 18.7 Å². The van der Waals surface area contributed by atoms with E-state index in [0.717, 1.165) is 25.2 Å². The van der Waals surface area contributed by atoms with Gasteiger partial charge < -0.3 is 5.73 Å². The van der Waals surface area contributed by atoms with Gasteiger partial charge in [-0.1, -0.05) is 0 Å². The van der Waals surface area contributed by atoms with Gasteiger partial charge in [0.05, 0.1) is 17.4 Å². The highest BCUT2D eigenvalue weighted by atomic mass is 15.3. The first-order valence-electron chi connectivity index (χ1n) is 5.52. The van der Waals surface area contributed by atoms with Gasteiger partial charge in [0.2, 0.25) is 0 Å². The van der Waals surface area contributed by atoms with E-state index in [1.54, 1.807) is 0 Å². The topological polar surface area (TPSA) is 47.1 Å². The Morgan fingerprint density at radius 2 is 2.27 bits per heavy atom. The lowest BCUT2D eigenvalue weighted by Gasteiger charge is -2.18. The zero-order valence-corrected chi connectivity index (χ0v) is 9.77. The highest BCUT2D eigenvalue weighted by Gasteiger charge is 2.31. The van der Waals surface area contributed by atoms with Gasteiger partial charge in [-0.05, 0) is 38.9 Å². The lowest BCUT2D eigenvalue weighted by molar-refractivity contribution is 0.301. The van der Waals surface area contributed by atoms with Crippen LogP contribution in [0, 0.1) is 12.8 Å². The third-order valence-electron chi connectivity index (χ3n) is 3.35. The third kappa shape index (κ3) is 1.92. The van der Waals surface area contributed by atoms with Crippen molar-refractivity contribution in [2.75, 3.05) is 20.1 Å². The molecule has 2 atom stereocenters. The Labute approximate surface area is 91.1 Å². The molecule has 4 nitrogen and oxygen atoms in total. The van der Waals surface area contributed by atoms with Crippen molar-refractivity contribution in [1.82, 2.24) is 14.7 Å². The maximum atomic E-state index is 5.73. The molecule has 4 heteroatoms. The zero-order chi connectivity index (χ0) is 11.0. The Kier molecular flexibility index (Phi) is 2.80. The number of aryl methyl sites for hydroxylation is 2. The second kappa shape index (κ2) is 3.94. The third-order valence-corrected chi connectivity index (χ3v) is 3.35. The standard InChI is InChI=1S/C11H20N4/c1-8-4-11(15(3)13-8)10-5-9(6-12)7-14(10)2/h4,9-10H,5-7,12H2,1-3H3. The van der Waals surface area contributed by atoms with Gasteiger partial charge in [-0.15, -0.1) is 0 Å². The highest BCUT2D eigenvalue weighted by molar-refractivity contribution is 5.14. The molecule has 1 aromatic heterocycles. The molecule has 0 radical (unpaired) electrons. The lowest BCUT2D eigenvalue weighted by Crippen LogP contribution is -2.21. The van der Waals surface area contributed by atoms with Crippen LogP contribution in [0.3, 0.4) is 0 Å². The molecule has 2 rings (SSSR count). The number of hydrogen-bond donors (Lipinski definition) is 1. The first kappa shape index (κ1) is 10.6. The van der Waals surface area contributed by atoms with Crippen LogP contribution in [0.2, 0.25) is 0 Å². The van der Waals surface area contributed by atoms with Crippen LogP contribution in [-0.2, 0) is 7.05 Å². The summed E-state index contributed by atoms with van der Waals surface area (Å²) in [5.74, 6) is 0.634. The van der Waals surface area contributed by atoms with Crippen molar-refractivity contribution in [2.45, 2.75) is 19.4 Å². The van der Waals surface area contributed by atoms with Crippen LogP contribution in [0.1, 0.15) is 23.9 Å². The Morgan fingerprint density at radius 1 is 1.53 bits per heavy atom. The van der Waals surface area contributed by atoms with Crippen LogP contribution in [0.4, 0.5) is 0 Å². The maximum absolute atomic E-state index is 5.73. The molecule has 2 N–H and O–H groups in total. The van der Waals surface area contributed by atoms with Crippen molar-refractivity contribution in [2.24, 2.45) is 18.7 Å². The molecular formula is C11H20N4. The smallest absolute Gasteiger partial charge is 0.0597 e.